The number of rotatable bonds is 11. The van der Waals surface area contributed by atoms with Gasteiger partial charge in [-0.15, -0.1) is 0 Å². The molecule has 15 heteroatoms. The van der Waals surface area contributed by atoms with Crippen LogP contribution in [-0.4, -0.2) is 78.8 Å². The molecule has 0 amide bonds. The maximum absolute atomic E-state index is 10.6. The van der Waals surface area contributed by atoms with E-state index in [0.717, 1.165) is 16.5 Å². The molecule has 0 fully saturated rings. The summed E-state index contributed by atoms with van der Waals surface area (Å²) in [6.45, 7) is 0.482. The van der Waals surface area contributed by atoms with E-state index in [9.17, 15) is 14.4 Å². The van der Waals surface area contributed by atoms with Gasteiger partial charge in [0, 0.05) is 42.7 Å². The zero-order chi connectivity index (χ0) is 28.7. The minimum absolute atomic E-state index is 0.112. The molecule has 3 aromatic rings. The molecule has 0 aliphatic heterocycles. The van der Waals surface area contributed by atoms with Crippen LogP contribution in [0.4, 0.5) is 0 Å². The summed E-state index contributed by atoms with van der Waals surface area (Å²) in [7, 11) is 0. The number of aromatic nitrogens is 3. The van der Waals surface area contributed by atoms with Crippen molar-refractivity contribution in [2.24, 2.45) is 22.9 Å². The number of nitrogens with one attached hydrogen (secondary N) is 4. The van der Waals surface area contributed by atoms with Crippen molar-refractivity contribution in [3.63, 3.8) is 0 Å². The van der Waals surface area contributed by atoms with Crippen molar-refractivity contribution in [3.05, 3.63) is 54.2 Å². The van der Waals surface area contributed by atoms with E-state index in [2.05, 4.69) is 20.3 Å². The molecule has 38 heavy (non-hydrogen) atoms. The Kier molecular flexibility index (Phi) is 13.5. The van der Waals surface area contributed by atoms with Crippen molar-refractivity contribution in [3.8, 4) is 0 Å². The van der Waals surface area contributed by atoms with Gasteiger partial charge in [-0.1, -0.05) is 18.2 Å². The maximum atomic E-state index is 10.6. The van der Waals surface area contributed by atoms with Gasteiger partial charge >= 0.3 is 17.9 Å². The largest absolute Gasteiger partial charge is 0.480 e. The summed E-state index contributed by atoms with van der Waals surface area (Å²) in [4.78, 5) is 40.7. The molecule has 3 atom stereocenters. The third-order valence-corrected chi connectivity index (χ3v) is 5.06. The van der Waals surface area contributed by atoms with Gasteiger partial charge in [0.05, 0.1) is 12.0 Å². The lowest BCUT2D eigenvalue weighted by atomic mass is 10.1. The first-order valence-electron chi connectivity index (χ1n) is 11.5. The number of carbonyl (C=O) groups is 3. The van der Waals surface area contributed by atoms with E-state index < -0.39 is 36.0 Å². The van der Waals surface area contributed by atoms with E-state index >= 15 is 0 Å². The molecule has 208 valence electrons. The monoisotopic (exact) mass is 533 g/mol. The molecule has 15 N–H and O–H groups in total. The number of benzene rings is 1. The molecule has 0 bridgehead atoms. The Labute approximate surface area is 218 Å². The summed E-state index contributed by atoms with van der Waals surface area (Å²) in [5.41, 5.74) is 23.6. The number of hydrogen-bond donors (Lipinski definition) is 11. The highest BCUT2D eigenvalue weighted by Gasteiger charge is 2.14. The third-order valence-electron chi connectivity index (χ3n) is 5.06. The van der Waals surface area contributed by atoms with Crippen LogP contribution in [0.25, 0.3) is 10.9 Å². The lowest BCUT2D eigenvalue weighted by Gasteiger charge is -2.06. The lowest BCUT2D eigenvalue weighted by molar-refractivity contribution is -0.139. The standard InChI is InChI=1S/C11H12N2O2.C6H14N4O2.C6H9N3O2/c12-9(11(14)15)5-7-6-13-10-4-2-1-3-8(7)10;7-4(5(11)12)2-1-3-10-6(8)9;7-5(6(10)11)1-4-2-8-3-9-4/h1-4,6,9,13H,5,12H2,(H,14,15);4H,1-3,7H2,(H,11,12)(H4,8,9,10);2-3,5H,1,7H2,(H,8,9)(H,10,11). The Balaban J connectivity index is 0.000000290. The molecule has 2 aromatic heterocycles. The van der Waals surface area contributed by atoms with E-state index in [1.807, 2.05) is 30.5 Å². The second-order valence-corrected chi connectivity index (χ2v) is 8.15. The van der Waals surface area contributed by atoms with E-state index in [-0.39, 0.29) is 12.4 Å². The Bertz CT molecular complexity index is 1170. The first kappa shape index (κ1) is 31.6. The van der Waals surface area contributed by atoms with E-state index in [1.54, 1.807) is 6.20 Å². The van der Waals surface area contributed by atoms with Gasteiger partial charge in [-0.25, -0.2) is 4.98 Å². The maximum Gasteiger partial charge on any atom is 0.320 e. The van der Waals surface area contributed by atoms with Crippen molar-refractivity contribution in [2.45, 2.75) is 43.8 Å². The van der Waals surface area contributed by atoms with Gasteiger partial charge in [-0.2, -0.15) is 0 Å². The molecule has 0 saturated heterocycles. The molecule has 3 unspecified atom stereocenters. The predicted octanol–water partition coefficient (Wildman–Crippen LogP) is -0.852. The van der Waals surface area contributed by atoms with Gasteiger partial charge in [-0.05, 0) is 24.5 Å². The highest BCUT2D eigenvalue weighted by Crippen LogP contribution is 2.18. The SMILES string of the molecule is N=C(N)NCCCC(N)C(=O)O.NC(Cc1c[nH]c2ccccc12)C(=O)O.NC(Cc1c[nH]cn1)C(=O)O. The fourth-order valence-corrected chi connectivity index (χ4v) is 3.01. The van der Waals surface area contributed by atoms with Crippen molar-refractivity contribution >= 4 is 34.8 Å². The smallest absolute Gasteiger partial charge is 0.320 e. The summed E-state index contributed by atoms with van der Waals surface area (Å²) in [6.07, 6.45) is 6.51. The number of nitrogens with two attached hydrogens (primary N) is 4. The number of hydrogen-bond acceptors (Lipinski definition) is 8. The molecule has 0 saturated carbocycles. The van der Waals surface area contributed by atoms with Crippen LogP contribution in [0.1, 0.15) is 24.1 Å². The average molecular weight is 534 g/mol. The fraction of sp³-hybridized carbons (Fsp3) is 0.348. The number of H-pyrrole nitrogens is 2. The number of aromatic amines is 2. The van der Waals surface area contributed by atoms with Gasteiger partial charge < -0.3 is 53.5 Å². The van der Waals surface area contributed by atoms with Crippen LogP contribution in [0.3, 0.4) is 0 Å². The Morgan fingerprint density at radius 1 is 0.947 bits per heavy atom. The second kappa shape index (κ2) is 16.3. The quantitative estimate of drug-likeness (QED) is 0.0815. The molecular weight excluding hydrogens is 498 g/mol. The van der Waals surface area contributed by atoms with Crippen molar-refractivity contribution in [1.82, 2.24) is 20.3 Å². The molecule has 3 rings (SSSR count). The second-order valence-electron chi connectivity index (χ2n) is 8.15. The zero-order valence-corrected chi connectivity index (χ0v) is 20.6. The Hall–Kier alpha value is -4.47. The molecule has 1 aromatic carbocycles. The van der Waals surface area contributed by atoms with E-state index in [1.165, 1.54) is 6.33 Å². The van der Waals surface area contributed by atoms with Gasteiger partial charge in [-0.3, -0.25) is 19.8 Å². The van der Waals surface area contributed by atoms with Gasteiger partial charge in [0.2, 0.25) is 0 Å². The molecule has 0 spiro atoms. The lowest BCUT2D eigenvalue weighted by Crippen LogP contribution is -2.34. The minimum Gasteiger partial charge on any atom is -0.480 e. The summed E-state index contributed by atoms with van der Waals surface area (Å²) in [6, 6.07) is 5.23. The molecule has 0 aliphatic carbocycles. The van der Waals surface area contributed by atoms with Crippen LogP contribution in [0.15, 0.2) is 43.0 Å². The first-order chi connectivity index (χ1) is 17.9. The molecule has 0 aliphatic rings. The topological polar surface area (TPSA) is 296 Å². The third kappa shape index (κ3) is 12.0. The van der Waals surface area contributed by atoms with Gasteiger partial charge in [0.25, 0.3) is 0 Å². The van der Waals surface area contributed by atoms with E-state index in [4.69, 9.17) is 43.7 Å². The fourth-order valence-electron chi connectivity index (χ4n) is 3.01. The Morgan fingerprint density at radius 2 is 1.55 bits per heavy atom. The van der Waals surface area contributed by atoms with Crippen LogP contribution < -0.4 is 28.3 Å². The minimum atomic E-state index is -1.01. The first-order valence-corrected chi connectivity index (χ1v) is 11.5. The van der Waals surface area contributed by atoms with Crippen molar-refractivity contribution in [2.75, 3.05) is 6.54 Å². The van der Waals surface area contributed by atoms with Crippen LogP contribution in [0.5, 0.6) is 0 Å². The van der Waals surface area contributed by atoms with Crippen LogP contribution in [-0.2, 0) is 27.2 Å². The van der Waals surface area contributed by atoms with Gasteiger partial charge in [0.15, 0.2) is 5.96 Å². The summed E-state index contributed by atoms with van der Waals surface area (Å²) < 4.78 is 0. The van der Waals surface area contributed by atoms with Crippen LogP contribution >= 0.6 is 0 Å². The zero-order valence-electron chi connectivity index (χ0n) is 20.6. The molecule has 0 radical (unpaired) electrons. The highest BCUT2D eigenvalue weighted by molar-refractivity contribution is 5.84. The number of para-hydroxylation sites is 1. The Morgan fingerprint density at radius 3 is 2.11 bits per heavy atom. The average Bonchev–Trinajstić information content (AvgIpc) is 3.52. The predicted molar refractivity (Wildman–Crippen MR) is 140 cm³/mol. The number of imidazole rings is 1. The molecular formula is C23H35N9O6. The summed E-state index contributed by atoms with van der Waals surface area (Å²) in [5, 5.41) is 35.9. The van der Waals surface area contributed by atoms with Gasteiger partial charge in [0.1, 0.15) is 18.1 Å². The number of guanidine groups is 1. The van der Waals surface area contributed by atoms with Crippen LogP contribution in [0, 0.1) is 5.41 Å². The normalized spacial score (nSPS) is 12.6. The highest BCUT2D eigenvalue weighted by atomic mass is 16.4. The number of carboxylic acids is 3. The number of aliphatic carboxylic acids is 3. The molecule has 2 heterocycles. The van der Waals surface area contributed by atoms with Crippen LogP contribution in [0.2, 0.25) is 0 Å². The van der Waals surface area contributed by atoms with E-state index in [0.29, 0.717) is 31.5 Å². The summed E-state index contributed by atoms with van der Waals surface area (Å²) >= 11 is 0. The molecule has 15 nitrogen and oxygen atoms in total. The number of nitrogens with zero attached hydrogens (tertiary/aromatic N) is 1. The number of fused-ring (bicyclic) bond motifs is 1. The van der Waals surface area contributed by atoms with Crippen molar-refractivity contribution < 1.29 is 29.7 Å². The summed E-state index contributed by atoms with van der Waals surface area (Å²) in [5.74, 6) is -3.09. The van der Waals surface area contributed by atoms with Crippen molar-refractivity contribution in [1.29, 1.82) is 5.41 Å². The number of carboxylic acid groups (broad SMARTS) is 3.